The molecule has 1 aromatic carbocycles. The van der Waals surface area contributed by atoms with E-state index >= 15 is 0 Å². The third kappa shape index (κ3) is 10.9. The van der Waals surface area contributed by atoms with Gasteiger partial charge in [0.1, 0.15) is 18.8 Å². The predicted octanol–water partition coefficient (Wildman–Crippen LogP) is 4.23. The molecule has 0 aliphatic carbocycles. The quantitative estimate of drug-likeness (QED) is 0.282. The molecule has 208 valence electrons. The van der Waals surface area contributed by atoms with Crippen LogP contribution in [0.5, 0.6) is 11.5 Å². The van der Waals surface area contributed by atoms with E-state index in [9.17, 15) is 19.2 Å². The topological polar surface area (TPSA) is 131 Å². The smallest absolute Gasteiger partial charge is 0.323 e. The average Bonchev–Trinajstić information content (AvgIpc) is 2.83. The lowest BCUT2D eigenvalue weighted by Crippen LogP contribution is -2.37. The first-order chi connectivity index (χ1) is 17.3. The molecule has 0 amide bonds. The highest BCUT2D eigenvalue weighted by atomic mass is 16.6. The molecule has 0 radical (unpaired) electrons. The van der Waals surface area contributed by atoms with Gasteiger partial charge in [-0.1, -0.05) is 54.5 Å². The summed E-state index contributed by atoms with van der Waals surface area (Å²) in [6.45, 7) is 14.6. The zero-order valence-electron chi connectivity index (χ0n) is 23.4. The Morgan fingerprint density at radius 2 is 1.35 bits per heavy atom. The molecule has 0 saturated carbocycles. The van der Waals surface area contributed by atoms with Crippen molar-refractivity contribution in [2.45, 2.75) is 86.8 Å². The number of carbonyl (C=O) groups excluding carboxylic acids is 4. The van der Waals surface area contributed by atoms with Gasteiger partial charge in [-0.25, -0.2) is 0 Å². The molecule has 37 heavy (non-hydrogen) atoms. The SMILES string of the molecule is CCCC(=O)OC[C@H](C)OC(=O)[C@@H](N)Cc1ccc(OC(=O)C(C)C(C)C)c(OC(=O)C(C)C(C)C)c1. The van der Waals surface area contributed by atoms with Crippen LogP contribution in [0.25, 0.3) is 0 Å². The summed E-state index contributed by atoms with van der Waals surface area (Å²) in [5, 5.41) is 0. The number of hydrogen-bond acceptors (Lipinski definition) is 9. The van der Waals surface area contributed by atoms with Crippen molar-refractivity contribution in [3.63, 3.8) is 0 Å². The Morgan fingerprint density at radius 3 is 1.86 bits per heavy atom. The second kappa shape index (κ2) is 15.3. The summed E-state index contributed by atoms with van der Waals surface area (Å²) < 4.78 is 21.5. The molecule has 0 bridgehead atoms. The molecule has 0 spiro atoms. The van der Waals surface area contributed by atoms with E-state index in [2.05, 4.69) is 0 Å². The number of ether oxygens (including phenoxy) is 4. The maximum atomic E-state index is 12.7. The number of hydrogen-bond donors (Lipinski definition) is 1. The number of esters is 4. The van der Waals surface area contributed by atoms with E-state index in [1.807, 2.05) is 34.6 Å². The van der Waals surface area contributed by atoms with Gasteiger partial charge < -0.3 is 24.7 Å². The second-order valence-corrected chi connectivity index (χ2v) is 10.2. The lowest BCUT2D eigenvalue weighted by molar-refractivity contribution is -0.159. The van der Waals surface area contributed by atoms with Crippen LogP contribution in [0.3, 0.4) is 0 Å². The van der Waals surface area contributed by atoms with Crippen LogP contribution >= 0.6 is 0 Å². The summed E-state index contributed by atoms with van der Waals surface area (Å²) in [7, 11) is 0. The Labute approximate surface area is 220 Å². The average molecular weight is 522 g/mol. The summed E-state index contributed by atoms with van der Waals surface area (Å²) in [6.07, 6.45) is 0.394. The molecule has 9 heteroatoms. The zero-order chi connectivity index (χ0) is 28.3. The molecule has 1 rings (SSSR count). The van der Waals surface area contributed by atoms with Crippen LogP contribution in [0.4, 0.5) is 0 Å². The highest BCUT2D eigenvalue weighted by Crippen LogP contribution is 2.31. The number of nitrogens with two attached hydrogens (primary N) is 1. The molecule has 0 aliphatic heterocycles. The van der Waals surface area contributed by atoms with Crippen LogP contribution in [0.15, 0.2) is 18.2 Å². The number of rotatable bonds is 14. The Hall–Kier alpha value is -2.94. The van der Waals surface area contributed by atoms with Crippen molar-refractivity contribution in [3.05, 3.63) is 23.8 Å². The van der Waals surface area contributed by atoms with Gasteiger partial charge in [-0.15, -0.1) is 0 Å². The molecular formula is C28H43NO8. The third-order valence-corrected chi connectivity index (χ3v) is 6.18. The van der Waals surface area contributed by atoms with Crippen LogP contribution in [-0.2, 0) is 35.1 Å². The van der Waals surface area contributed by atoms with Crippen molar-refractivity contribution in [2.75, 3.05) is 6.61 Å². The molecule has 2 N–H and O–H groups in total. The normalized spacial score (nSPS) is 14.5. The maximum absolute atomic E-state index is 12.7. The highest BCUT2D eigenvalue weighted by molar-refractivity contribution is 5.79. The first-order valence-electron chi connectivity index (χ1n) is 12.9. The van der Waals surface area contributed by atoms with Gasteiger partial charge in [0.05, 0.1) is 11.8 Å². The first-order valence-corrected chi connectivity index (χ1v) is 12.9. The minimum atomic E-state index is -1.01. The van der Waals surface area contributed by atoms with Gasteiger partial charge in [0, 0.05) is 6.42 Å². The molecule has 2 unspecified atom stereocenters. The van der Waals surface area contributed by atoms with Gasteiger partial charge in [-0.2, -0.15) is 0 Å². The fourth-order valence-electron chi connectivity index (χ4n) is 2.93. The van der Waals surface area contributed by atoms with E-state index in [0.717, 1.165) is 0 Å². The van der Waals surface area contributed by atoms with Crippen LogP contribution in [0.2, 0.25) is 0 Å². The van der Waals surface area contributed by atoms with E-state index in [1.54, 1.807) is 26.8 Å². The summed E-state index contributed by atoms with van der Waals surface area (Å²) in [6, 6.07) is 3.70. The number of carbonyl (C=O) groups is 4. The molecule has 4 atom stereocenters. The minimum absolute atomic E-state index is 0.0501. The maximum Gasteiger partial charge on any atom is 0.323 e. The van der Waals surface area contributed by atoms with Crippen molar-refractivity contribution in [2.24, 2.45) is 29.4 Å². The van der Waals surface area contributed by atoms with E-state index < -0.39 is 30.1 Å². The Kier molecular flexibility index (Phi) is 13.3. The third-order valence-electron chi connectivity index (χ3n) is 6.18. The van der Waals surface area contributed by atoms with Gasteiger partial charge in [0.2, 0.25) is 0 Å². The minimum Gasteiger partial charge on any atom is -0.462 e. The standard InChI is InChI=1S/C28H43NO8/c1-9-10-25(30)34-15-18(6)35-28(33)22(29)13-21-11-12-23(36-26(31)19(7)16(2)3)24(14-21)37-27(32)20(8)17(4)5/h11-12,14,16-20,22H,9-10,13,15,29H2,1-8H3/t18-,19?,20?,22-/m0/s1. The molecule has 0 heterocycles. The van der Waals surface area contributed by atoms with E-state index in [0.29, 0.717) is 18.4 Å². The fourth-order valence-corrected chi connectivity index (χ4v) is 2.93. The molecule has 0 aromatic heterocycles. The summed E-state index contributed by atoms with van der Waals surface area (Å²) in [4.78, 5) is 49.2. The monoisotopic (exact) mass is 521 g/mol. The Bertz CT molecular complexity index is 927. The van der Waals surface area contributed by atoms with E-state index in [1.165, 1.54) is 12.1 Å². The largest absolute Gasteiger partial charge is 0.462 e. The highest BCUT2D eigenvalue weighted by Gasteiger charge is 2.25. The van der Waals surface area contributed by atoms with Crippen LogP contribution in [0.1, 0.15) is 73.8 Å². The summed E-state index contributed by atoms with van der Waals surface area (Å²) in [5.41, 5.74) is 6.64. The molecule has 9 nitrogen and oxygen atoms in total. The second-order valence-electron chi connectivity index (χ2n) is 10.2. The van der Waals surface area contributed by atoms with E-state index in [4.69, 9.17) is 24.7 Å². The molecule has 0 fully saturated rings. The fraction of sp³-hybridized carbons (Fsp3) is 0.643. The van der Waals surface area contributed by atoms with Crippen LogP contribution in [0, 0.1) is 23.7 Å². The summed E-state index contributed by atoms with van der Waals surface area (Å²) in [5.74, 6) is -2.34. The van der Waals surface area contributed by atoms with Crippen molar-refractivity contribution >= 4 is 23.9 Å². The van der Waals surface area contributed by atoms with Crippen molar-refractivity contribution in [3.8, 4) is 11.5 Å². The van der Waals surface area contributed by atoms with Gasteiger partial charge >= 0.3 is 23.9 Å². The van der Waals surface area contributed by atoms with Gasteiger partial charge in [0.25, 0.3) is 0 Å². The molecule has 0 aliphatic rings. The van der Waals surface area contributed by atoms with Gasteiger partial charge in [-0.05, 0) is 49.3 Å². The Balaban J connectivity index is 2.99. The summed E-state index contributed by atoms with van der Waals surface area (Å²) >= 11 is 0. The number of benzene rings is 1. The molecule has 1 aromatic rings. The van der Waals surface area contributed by atoms with Crippen molar-refractivity contribution in [1.82, 2.24) is 0 Å². The van der Waals surface area contributed by atoms with Crippen LogP contribution in [-0.4, -0.2) is 42.6 Å². The lowest BCUT2D eigenvalue weighted by Gasteiger charge is -2.20. The van der Waals surface area contributed by atoms with Gasteiger partial charge in [-0.3, -0.25) is 19.2 Å². The zero-order valence-corrected chi connectivity index (χ0v) is 23.4. The molecule has 0 saturated heterocycles. The van der Waals surface area contributed by atoms with Gasteiger partial charge in [0.15, 0.2) is 11.5 Å². The Morgan fingerprint density at radius 1 is 0.811 bits per heavy atom. The molecular weight excluding hydrogens is 478 g/mol. The van der Waals surface area contributed by atoms with Crippen LogP contribution < -0.4 is 15.2 Å². The lowest BCUT2D eigenvalue weighted by atomic mass is 9.98. The van der Waals surface area contributed by atoms with E-state index in [-0.39, 0.29) is 54.2 Å². The first kappa shape index (κ1) is 32.1. The van der Waals surface area contributed by atoms with Crippen molar-refractivity contribution < 1.29 is 38.1 Å². The predicted molar refractivity (Wildman–Crippen MR) is 139 cm³/mol. The van der Waals surface area contributed by atoms with Crippen molar-refractivity contribution in [1.29, 1.82) is 0 Å².